The maximum Gasteiger partial charge on any atom is 0.298 e. The van der Waals surface area contributed by atoms with Crippen LogP contribution in [0.4, 0.5) is 0 Å². The summed E-state index contributed by atoms with van der Waals surface area (Å²) in [7, 11) is 1.43. The number of aliphatic hydroxyl groups is 1. The number of aldehydes is 1. The fourth-order valence-electron chi connectivity index (χ4n) is 2.36. The fourth-order valence-corrected chi connectivity index (χ4v) is 2.59. The van der Waals surface area contributed by atoms with Crippen molar-refractivity contribution in [2.75, 3.05) is 26.7 Å². The van der Waals surface area contributed by atoms with Gasteiger partial charge in [-0.2, -0.15) is 21.0 Å². The third-order valence-corrected chi connectivity index (χ3v) is 5.21. The van der Waals surface area contributed by atoms with E-state index in [1.807, 2.05) is 6.07 Å². The molecule has 0 aliphatic rings. The topological polar surface area (TPSA) is 307 Å². The Bertz CT molecular complexity index is 1900. The highest BCUT2D eigenvalue weighted by Crippen LogP contribution is 2.04. The van der Waals surface area contributed by atoms with E-state index in [1.54, 1.807) is 57.2 Å². The minimum absolute atomic E-state index is 0.0116. The van der Waals surface area contributed by atoms with Gasteiger partial charge in [-0.1, -0.05) is 50.4 Å². The Morgan fingerprint density at radius 1 is 0.766 bits per heavy atom. The molecule has 0 aliphatic carbocycles. The van der Waals surface area contributed by atoms with Gasteiger partial charge in [-0.15, -0.1) is 0 Å². The van der Waals surface area contributed by atoms with E-state index in [0.717, 1.165) is 12.8 Å². The molecule has 0 bridgehead atoms. The summed E-state index contributed by atoms with van der Waals surface area (Å²) in [4.78, 5) is 34.9. The van der Waals surface area contributed by atoms with Gasteiger partial charge in [-0.25, -0.2) is 43.5 Å². The van der Waals surface area contributed by atoms with Crippen molar-refractivity contribution in [3.63, 3.8) is 0 Å². The number of hydrogen-bond donors (Lipinski definition) is 3. The van der Waals surface area contributed by atoms with Crippen molar-refractivity contribution in [2.45, 2.75) is 94.7 Å². The Morgan fingerprint density at radius 2 is 1.14 bits per heavy atom. The van der Waals surface area contributed by atoms with Crippen molar-refractivity contribution < 1.29 is 19.4 Å². The molecule has 0 spiro atoms. The summed E-state index contributed by atoms with van der Waals surface area (Å²) in [5, 5.41) is 63.6. The van der Waals surface area contributed by atoms with Gasteiger partial charge in [0.25, 0.3) is 30.2 Å². The predicted octanol–water partition coefficient (Wildman–Crippen LogP) is 8.75. The standard InChI is InChI=1S/C8H19N.C6H6N2O.C5H4N2O.C5H6N2S.C5H4N2.C3H4N2S.2C3H2N2.C2H3ClO.C2H4O/c1-6-9(7(2)3)8(4)5;1-5(9-3)6(4-7)8-2;1-4(8)5(3-6)7-2;1-2-4(3-6)5(7)8;1-3-5(4-6)7-2;4-2-1-3(5)6;2*1-5-3-2-4;1-2(3)4;1-2-3/h7-8H,6H2,1-5H3;1,3H3;8H,1H3;2H,1H3,(H2,7,8);3H,1H3;1H2,(H2,5,6);2*3H2;1H3;2H,1H3/b;6-5-;5-4-;;5-3+;;;;;. The molecule has 0 aliphatic heterocycles. The highest BCUT2D eigenvalue weighted by molar-refractivity contribution is 7.80. The summed E-state index contributed by atoms with van der Waals surface area (Å²) < 4.78 is 4.64. The Kier molecular flexibility index (Phi) is 86.7. The molecule has 340 valence electrons. The summed E-state index contributed by atoms with van der Waals surface area (Å²) >= 11 is 13.5. The van der Waals surface area contributed by atoms with Crippen molar-refractivity contribution in [1.29, 1.82) is 36.8 Å². The maximum atomic E-state index is 9.21. The molecule has 64 heavy (non-hydrogen) atoms. The average molecular weight is 933 g/mol. The molecule has 0 amide bonds. The number of halogens is 1. The van der Waals surface area contributed by atoms with Crippen LogP contribution >= 0.6 is 36.0 Å². The monoisotopic (exact) mass is 931 g/mol. The number of thiocarbonyl (C=S) groups is 2. The molecule has 0 aromatic heterocycles. The second kappa shape index (κ2) is 69.4. The van der Waals surface area contributed by atoms with Crippen molar-refractivity contribution in [3.05, 3.63) is 103 Å². The third kappa shape index (κ3) is 90.1. The van der Waals surface area contributed by atoms with E-state index in [-0.39, 0.29) is 57.6 Å². The van der Waals surface area contributed by atoms with Gasteiger partial charge in [-0.3, -0.25) is 9.69 Å². The van der Waals surface area contributed by atoms with E-state index in [0.29, 0.717) is 23.4 Å². The zero-order chi connectivity index (χ0) is 53.1. The summed E-state index contributed by atoms with van der Waals surface area (Å²) in [6.45, 7) is 52.3. The molecule has 0 heterocycles. The molecule has 0 saturated heterocycles. The van der Waals surface area contributed by atoms with E-state index in [4.69, 9.17) is 91.1 Å². The largest absolute Gasteiger partial charge is 0.523 e. The van der Waals surface area contributed by atoms with Gasteiger partial charge >= 0.3 is 0 Å². The Morgan fingerprint density at radius 3 is 1.16 bits per heavy atom. The van der Waals surface area contributed by atoms with Crippen molar-refractivity contribution >= 4 is 57.5 Å². The first-order valence-corrected chi connectivity index (χ1v) is 18.5. The molecule has 0 unspecified atom stereocenters. The van der Waals surface area contributed by atoms with Gasteiger partial charge in [0.1, 0.15) is 41.0 Å². The first-order chi connectivity index (χ1) is 29.9. The highest BCUT2D eigenvalue weighted by atomic mass is 35.5. The van der Waals surface area contributed by atoms with E-state index >= 15 is 0 Å². The van der Waals surface area contributed by atoms with Gasteiger partial charge in [0, 0.05) is 19.0 Å². The number of ether oxygens (including phenoxy) is 1. The first kappa shape index (κ1) is 79.9. The van der Waals surface area contributed by atoms with E-state index in [1.165, 1.54) is 40.0 Å². The molecule has 0 aromatic rings. The number of nitrogens with two attached hydrogens (primary N) is 2. The second-order valence-corrected chi connectivity index (χ2v) is 11.5. The molecular formula is C42H54ClN15O4S2. The summed E-state index contributed by atoms with van der Waals surface area (Å²) in [5.74, 6) is 0.148. The molecule has 0 atom stereocenters. The average Bonchev–Trinajstić information content (AvgIpc) is 3.22. The molecule has 22 heteroatoms. The van der Waals surface area contributed by atoms with Crippen LogP contribution in [0.5, 0.6) is 0 Å². The minimum Gasteiger partial charge on any atom is -0.523 e. The van der Waals surface area contributed by atoms with Crippen molar-refractivity contribution in [1.82, 2.24) is 4.90 Å². The number of nitriles is 7. The number of hydrogen-bond acceptors (Lipinski definition) is 14. The lowest BCUT2D eigenvalue weighted by Gasteiger charge is -2.28. The van der Waals surface area contributed by atoms with Crippen LogP contribution in [-0.2, 0) is 14.3 Å². The summed E-state index contributed by atoms with van der Waals surface area (Å²) in [5.41, 5.74) is 10.3. The Balaban J connectivity index is -0.0000000642. The van der Waals surface area contributed by atoms with Gasteiger partial charge < -0.3 is 35.8 Å². The smallest absolute Gasteiger partial charge is 0.298 e. The van der Waals surface area contributed by atoms with Crippen LogP contribution in [0.25, 0.3) is 24.2 Å². The number of aliphatic hydroxyl groups excluding tert-OH is 1. The summed E-state index contributed by atoms with van der Waals surface area (Å²) in [6, 6.07) is 13.3. The van der Waals surface area contributed by atoms with Crippen LogP contribution in [0, 0.1) is 112 Å². The van der Waals surface area contributed by atoms with Crippen molar-refractivity contribution in [3.8, 4) is 42.5 Å². The molecule has 5 N–H and O–H groups in total. The van der Waals surface area contributed by atoms with Gasteiger partial charge in [0.15, 0.2) is 0 Å². The van der Waals surface area contributed by atoms with Gasteiger partial charge in [0.05, 0.1) is 68.1 Å². The second-order valence-electron chi connectivity index (χ2n) is 10.0. The highest BCUT2D eigenvalue weighted by Gasteiger charge is 2.09. The third-order valence-electron chi connectivity index (χ3n) is 4.85. The summed E-state index contributed by atoms with van der Waals surface area (Å²) in [6.07, 6.45) is 4.00. The number of nitrogens with zero attached hydrogens (tertiary/aromatic N) is 13. The van der Waals surface area contributed by atoms with Crippen LogP contribution < -0.4 is 11.5 Å². The molecular weight excluding hydrogens is 878 g/mol. The number of methoxy groups -OCH3 is 1. The molecule has 0 aromatic carbocycles. The fraction of sp³-hybridized carbons (Fsp3) is 0.429. The molecule has 0 radical (unpaired) electrons. The lowest BCUT2D eigenvalue weighted by Crippen LogP contribution is -2.36. The molecule has 19 nitrogen and oxygen atoms in total. The lowest BCUT2D eigenvalue weighted by atomic mass is 10.2. The number of allylic oxidation sites excluding steroid dienone is 7. The van der Waals surface area contributed by atoms with Crippen LogP contribution in [0.3, 0.4) is 0 Å². The Hall–Kier alpha value is -8.19. The van der Waals surface area contributed by atoms with Crippen LogP contribution in [0.1, 0.15) is 82.6 Å². The molecule has 0 saturated carbocycles. The van der Waals surface area contributed by atoms with E-state index in [9.17, 15) is 4.79 Å². The zero-order valence-electron chi connectivity index (χ0n) is 38.1. The Labute approximate surface area is 395 Å². The van der Waals surface area contributed by atoms with Crippen LogP contribution in [0.2, 0.25) is 0 Å². The maximum absolute atomic E-state index is 9.21. The molecule has 0 rings (SSSR count). The normalized spacial score (nSPS) is 8.75. The van der Waals surface area contributed by atoms with E-state index in [2.05, 4.69) is 105 Å². The molecule has 0 fully saturated rings. The number of carbonyl (C=O) groups excluding carboxylic acids is 2. The van der Waals surface area contributed by atoms with Crippen LogP contribution in [-0.4, -0.2) is 70.3 Å². The predicted molar refractivity (Wildman–Crippen MR) is 254 cm³/mol. The SMILES string of the molecule is CC(=O)Cl.CC=C(C#N)C(N)=S.CC=O.CCN(C(C)C)C(C)C.N#CCC(N)=S.[C-]#[N+]/C(C#N)=C(/C)O.[C-]#[N+]/C(C#N)=C(/C)OC.[C-]#[N+]/C(C#N)=C/C.[C-]#[N+]CC#N.[C-]#[N+]CC#N. The zero-order valence-corrected chi connectivity index (χ0v) is 40.4. The number of carbonyl (C=O) groups is 2. The van der Waals surface area contributed by atoms with Crippen molar-refractivity contribution in [2.24, 2.45) is 11.5 Å². The quantitative estimate of drug-likeness (QED) is 0.0327. The minimum atomic E-state index is -0.361. The first-order valence-electron chi connectivity index (χ1n) is 17.3. The van der Waals surface area contributed by atoms with Gasteiger partial charge in [0.2, 0.25) is 5.24 Å². The van der Waals surface area contributed by atoms with Gasteiger partial charge in [-0.05, 0) is 73.5 Å². The van der Waals surface area contributed by atoms with E-state index < -0.39 is 0 Å². The van der Waals surface area contributed by atoms with Crippen LogP contribution in [0.15, 0.2) is 46.3 Å². The number of rotatable bonds is 6. The lowest BCUT2D eigenvalue weighted by molar-refractivity contribution is -0.110.